The van der Waals surface area contributed by atoms with Crippen LogP contribution in [0.15, 0.2) is 41.1 Å². The molecule has 3 aromatic rings. The van der Waals surface area contributed by atoms with Crippen LogP contribution < -0.4 is 5.32 Å². The van der Waals surface area contributed by atoms with Crippen LogP contribution in [0, 0.1) is 6.92 Å². The zero-order valence-corrected chi connectivity index (χ0v) is 13.3. The molecule has 0 radical (unpaired) electrons. The number of hydrogen-bond donors (Lipinski definition) is 2. The first-order chi connectivity index (χ1) is 10.6. The summed E-state index contributed by atoms with van der Waals surface area (Å²) in [5.41, 5.74) is 2.00. The van der Waals surface area contributed by atoms with E-state index < -0.39 is 0 Å². The molecule has 0 aliphatic rings. The summed E-state index contributed by atoms with van der Waals surface area (Å²) in [6.07, 6.45) is 3.52. The number of aromatic amines is 1. The predicted octanol–water partition coefficient (Wildman–Crippen LogP) is 2.37. The third-order valence-electron chi connectivity index (χ3n) is 3.02. The lowest BCUT2D eigenvalue weighted by molar-refractivity contribution is 0.102. The summed E-state index contributed by atoms with van der Waals surface area (Å²) >= 11 is 3.33. The SMILES string of the molecule is Cc1[nH]nc(C(=O)Nc2ccn(Cc3ccccn3)n2)c1Br. The number of H-pyrrole nitrogens is 1. The van der Waals surface area contributed by atoms with Crippen LogP contribution in [0.5, 0.6) is 0 Å². The Morgan fingerprint density at radius 1 is 1.41 bits per heavy atom. The van der Waals surface area contributed by atoms with Gasteiger partial charge in [-0.15, -0.1) is 0 Å². The molecule has 3 rings (SSSR count). The summed E-state index contributed by atoms with van der Waals surface area (Å²) in [6.45, 7) is 2.37. The van der Waals surface area contributed by atoms with Gasteiger partial charge in [0, 0.05) is 24.2 Å². The number of hydrogen-bond acceptors (Lipinski definition) is 4. The summed E-state index contributed by atoms with van der Waals surface area (Å²) in [6, 6.07) is 7.44. The van der Waals surface area contributed by atoms with Crippen LogP contribution in [0.1, 0.15) is 21.9 Å². The first-order valence-corrected chi connectivity index (χ1v) is 7.38. The van der Waals surface area contributed by atoms with Gasteiger partial charge < -0.3 is 5.32 Å². The first-order valence-electron chi connectivity index (χ1n) is 6.58. The zero-order chi connectivity index (χ0) is 15.5. The van der Waals surface area contributed by atoms with E-state index >= 15 is 0 Å². The molecule has 0 saturated carbocycles. The van der Waals surface area contributed by atoms with E-state index in [1.165, 1.54) is 0 Å². The number of carbonyl (C=O) groups is 1. The molecule has 3 aromatic heterocycles. The molecule has 0 aliphatic carbocycles. The third-order valence-corrected chi connectivity index (χ3v) is 3.99. The molecule has 0 aliphatic heterocycles. The van der Waals surface area contributed by atoms with Crippen LogP contribution in [0.3, 0.4) is 0 Å². The molecule has 0 saturated heterocycles. The van der Waals surface area contributed by atoms with Crippen molar-refractivity contribution in [3.63, 3.8) is 0 Å². The van der Waals surface area contributed by atoms with Crippen molar-refractivity contribution in [3.05, 3.63) is 58.2 Å². The van der Waals surface area contributed by atoms with Crippen molar-refractivity contribution in [2.45, 2.75) is 13.5 Å². The maximum Gasteiger partial charge on any atom is 0.278 e. The number of rotatable bonds is 4. The fraction of sp³-hybridized carbons (Fsp3) is 0.143. The Hall–Kier alpha value is -2.48. The Bertz CT molecular complexity index is 795. The van der Waals surface area contributed by atoms with Crippen molar-refractivity contribution in [2.24, 2.45) is 0 Å². The minimum Gasteiger partial charge on any atom is -0.304 e. The topological polar surface area (TPSA) is 88.5 Å². The Morgan fingerprint density at radius 2 is 2.27 bits per heavy atom. The number of aryl methyl sites for hydroxylation is 1. The van der Waals surface area contributed by atoms with Crippen LogP contribution in [0.2, 0.25) is 0 Å². The molecule has 0 bridgehead atoms. The van der Waals surface area contributed by atoms with Gasteiger partial charge in [-0.1, -0.05) is 6.07 Å². The van der Waals surface area contributed by atoms with Crippen molar-refractivity contribution in [2.75, 3.05) is 5.32 Å². The van der Waals surface area contributed by atoms with Gasteiger partial charge in [-0.25, -0.2) is 0 Å². The number of carbonyl (C=O) groups excluding carboxylic acids is 1. The van der Waals surface area contributed by atoms with Crippen LogP contribution in [-0.2, 0) is 6.54 Å². The second-order valence-corrected chi connectivity index (χ2v) is 5.48. The van der Waals surface area contributed by atoms with Crippen LogP contribution in [0.4, 0.5) is 5.82 Å². The number of anilines is 1. The highest BCUT2D eigenvalue weighted by Gasteiger charge is 2.16. The van der Waals surface area contributed by atoms with E-state index in [-0.39, 0.29) is 5.91 Å². The molecule has 2 N–H and O–H groups in total. The van der Waals surface area contributed by atoms with Gasteiger partial charge in [-0.3, -0.25) is 19.6 Å². The van der Waals surface area contributed by atoms with Gasteiger partial charge in [0.1, 0.15) is 0 Å². The Morgan fingerprint density at radius 3 is 2.95 bits per heavy atom. The van der Waals surface area contributed by atoms with E-state index in [0.29, 0.717) is 22.5 Å². The highest BCUT2D eigenvalue weighted by molar-refractivity contribution is 9.10. The summed E-state index contributed by atoms with van der Waals surface area (Å²) in [5.74, 6) is 0.146. The van der Waals surface area contributed by atoms with Gasteiger partial charge in [-0.05, 0) is 35.0 Å². The van der Waals surface area contributed by atoms with Gasteiger partial charge >= 0.3 is 0 Å². The monoisotopic (exact) mass is 360 g/mol. The van der Waals surface area contributed by atoms with E-state index in [2.05, 4.69) is 41.5 Å². The lowest BCUT2D eigenvalue weighted by atomic mass is 10.3. The normalized spacial score (nSPS) is 10.6. The van der Waals surface area contributed by atoms with Crippen LogP contribution in [0.25, 0.3) is 0 Å². The third kappa shape index (κ3) is 3.06. The highest BCUT2D eigenvalue weighted by Crippen LogP contribution is 2.19. The van der Waals surface area contributed by atoms with Crippen LogP contribution in [-0.4, -0.2) is 30.9 Å². The second-order valence-electron chi connectivity index (χ2n) is 4.68. The molecule has 8 heteroatoms. The largest absolute Gasteiger partial charge is 0.304 e. The van der Waals surface area contributed by atoms with E-state index in [1.807, 2.05) is 25.1 Å². The fourth-order valence-corrected chi connectivity index (χ4v) is 2.27. The second kappa shape index (κ2) is 6.10. The van der Waals surface area contributed by atoms with Gasteiger partial charge in [0.05, 0.1) is 16.7 Å². The lowest BCUT2D eigenvalue weighted by Gasteiger charge is -2.01. The predicted molar refractivity (Wildman–Crippen MR) is 84.5 cm³/mol. The average Bonchev–Trinajstić information content (AvgIpc) is 3.08. The molecule has 7 nitrogen and oxygen atoms in total. The number of pyridine rings is 1. The molecule has 1 amide bonds. The summed E-state index contributed by atoms with van der Waals surface area (Å²) in [4.78, 5) is 16.4. The summed E-state index contributed by atoms with van der Waals surface area (Å²) in [7, 11) is 0. The Balaban J connectivity index is 1.69. The number of aromatic nitrogens is 5. The molecule has 22 heavy (non-hydrogen) atoms. The van der Waals surface area contributed by atoms with E-state index in [9.17, 15) is 4.79 Å². The van der Waals surface area contributed by atoms with Gasteiger partial charge in [0.2, 0.25) is 0 Å². The molecular formula is C14H13BrN6O. The van der Waals surface area contributed by atoms with Crippen molar-refractivity contribution < 1.29 is 4.79 Å². The fourth-order valence-electron chi connectivity index (χ4n) is 1.92. The highest BCUT2D eigenvalue weighted by atomic mass is 79.9. The van der Waals surface area contributed by atoms with Gasteiger partial charge in [0.25, 0.3) is 5.91 Å². The van der Waals surface area contributed by atoms with Crippen molar-refractivity contribution >= 4 is 27.7 Å². The van der Waals surface area contributed by atoms with E-state index in [1.54, 1.807) is 23.1 Å². The average molecular weight is 361 g/mol. The summed E-state index contributed by atoms with van der Waals surface area (Å²) in [5, 5.41) is 13.7. The van der Waals surface area contributed by atoms with E-state index in [0.717, 1.165) is 11.4 Å². The lowest BCUT2D eigenvalue weighted by Crippen LogP contribution is -2.14. The molecule has 3 heterocycles. The minimum absolute atomic E-state index is 0.303. The molecule has 0 spiro atoms. The molecule has 0 atom stereocenters. The standard InChI is InChI=1S/C14H13BrN6O/c1-9-12(15)13(19-18-9)14(22)17-11-5-7-21(20-11)8-10-4-2-3-6-16-10/h2-7H,8H2,1H3,(H,18,19)(H,17,20,22). The number of halogens is 1. The van der Waals surface area contributed by atoms with Crippen molar-refractivity contribution in [1.29, 1.82) is 0 Å². The van der Waals surface area contributed by atoms with E-state index in [4.69, 9.17) is 0 Å². The molecule has 0 aromatic carbocycles. The number of nitrogens with one attached hydrogen (secondary N) is 2. The van der Waals surface area contributed by atoms with Gasteiger partial charge in [0.15, 0.2) is 11.5 Å². The summed E-state index contributed by atoms with van der Waals surface area (Å²) < 4.78 is 2.36. The Labute approximate surface area is 134 Å². The van der Waals surface area contributed by atoms with Crippen LogP contribution >= 0.6 is 15.9 Å². The quantitative estimate of drug-likeness (QED) is 0.747. The van der Waals surface area contributed by atoms with Crippen molar-refractivity contribution in [3.8, 4) is 0 Å². The first kappa shape index (κ1) is 14.5. The molecule has 0 fully saturated rings. The number of nitrogens with zero attached hydrogens (tertiary/aromatic N) is 4. The molecular weight excluding hydrogens is 348 g/mol. The van der Waals surface area contributed by atoms with Gasteiger partial charge in [-0.2, -0.15) is 10.2 Å². The smallest absolute Gasteiger partial charge is 0.278 e. The maximum atomic E-state index is 12.1. The molecule has 0 unspecified atom stereocenters. The number of amides is 1. The maximum absolute atomic E-state index is 12.1. The minimum atomic E-state index is -0.320. The Kier molecular flexibility index (Phi) is 4.01. The van der Waals surface area contributed by atoms with Crippen molar-refractivity contribution in [1.82, 2.24) is 25.0 Å². The molecule has 112 valence electrons. The zero-order valence-electron chi connectivity index (χ0n) is 11.7.